The van der Waals surface area contributed by atoms with E-state index >= 15 is 0 Å². The van der Waals surface area contributed by atoms with Crippen LogP contribution in [0.1, 0.15) is 41.6 Å². The first kappa shape index (κ1) is 22.2. The number of carbonyl (C=O) groups excluding carboxylic acids is 1. The lowest BCUT2D eigenvalue weighted by Gasteiger charge is -2.26. The number of hydrogen-bond donors (Lipinski definition) is 0. The Balaban J connectivity index is 1.70. The van der Waals surface area contributed by atoms with E-state index in [0.29, 0.717) is 29.6 Å². The highest BCUT2D eigenvalue weighted by Gasteiger charge is 2.42. The van der Waals surface area contributed by atoms with Crippen molar-refractivity contribution in [3.05, 3.63) is 87.8 Å². The molecule has 0 radical (unpaired) electrons. The second-order valence-corrected chi connectivity index (χ2v) is 9.28. The molecule has 3 aromatic carbocycles. The fourth-order valence-corrected chi connectivity index (χ4v) is 4.63. The zero-order chi connectivity index (χ0) is 24.0. The average Bonchev–Trinajstić information content (AvgIpc) is 3.09. The lowest BCUT2D eigenvalue weighted by molar-refractivity contribution is 0.0716. The SMILES string of the molecule is CC(C)Oc1ccc(C2c3c(oc4c(ccc5ccccc54)c3=O)C(=O)N2CCN(C)C)cc1. The van der Waals surface area contributed by atoms with Crippen molar-refractivity contribution in [3.63, 3.8) is 0 Å². The minimum absolute atomic E-state index is 0.0597. The van der Waals surface area contributed by atoms with Crippen LogP contribution in [-0.2, 0) is 0 Å². The lowest BCUT2D eigenvalue weighted by atomic mass is 9.97. The van der Waals surface area contributed by atoms with E-state index in [0.717, 1.165) is 22.1 Å². The van der Waals surface area contributed by atoms with Crippen molar-refractivity contribution < 1.29 is 13.9 Å². The first-order chi connectivity index (χ1) is 16.3. The Morgan fingerprint density at radius 2 is 1.71 bits per heavy atom. The summed E-state index contributed by atoms with van der Waals surface area (Å²) in [5, 5.41) is 2.28. The van der Waals surface area contributed by atoms with E-state index in [1.165, 1.54) is 0 Å². The minimum Gasteiger partial charge on any atom is -0.491 e. The molecule has 174 valence electrons. The lowest BCUT2D eigenvalue weighted by Crippen LogP contribution is -2.35. The smallest absolute Gasteiger partial charge is 0.290 e. The van der Waals surface area contributed by atoms with Gasteiger partial charge in [-0.2, -0.15) is 0 Å². The number of nitrogens with zero attached hydrogens (tertiary/aromatic N) is 2. The van der Waals surface area contributed by atoms with Crippen LogP contribution in [0, 0.1) is 0 Å². The molecule has 1 aromatic heterocycles. The van der Waals surface area contributed by atoms with Gasteiger partial charge in [-0.1, -0.05) is 42.5 Å². The Morgan fingerprint density at radius 1 is 0.971 bits per heavy atom. The molecule has 0 N–H and O–H groups in total. The fourth-order valence-electron chi connectivity index (χ4n) is 4.63. The molecular weight excluding hydrogens is 428 g/mol. The predicted molar refractivity (Wildman–Crippen MR) is 134 cm³/mol. The maximum atomic E-state index is 13.8. The zero-order valence-electron chi connectivity index (χ0n) is 19.9. The molecule has 0 aliphatic carbocycles. The first-order valence-electron chi connectivity index (χ1n) is 11.6. The molecule has 4 aromatic rings. The molecule has 5 rings (SSSR count). The summed E-state index contributed by atoms with van der Waals surface area (Å²) in [7, 11) is 3.93. The van der Waals surface area contributed by atoms with Crippen LogP contribution in [0.3, 0.4) is 0 Å². The molecule has 0 saturated carbocycles. The molecule has 1 amide bonds. The standard InChI is InChI=1S/C28H28N2O4/c1-17(2)33-20-12-9-19(10-13-20)24-23-25(31)22-14-11-18-7-5-6-8-21(18)26(22)34-27(23)28(32)30(24)16-15-29(3)4/h5-14,17,24H,15-16H2,1-4H3. The highest BCUT2D eigenvalue weighted by molar-refractivity contribution is 6.06. The Kier molecular flexibility index (Phi) is 5.62. The van der Waals surface area contributed by atoms with Gasteiger partial charge in [0.05, 0.1) is 23.1 Å². The molecule has 1 atom stereocenters. The van der Waals surface area contributed by atoms with Crippen molar-refractivity contribution >= 4 is 27.6 Å². The number of benzene rings is 3. The van der Waals surface area contributed by atoms with Gasteiger partial charge in [0.2, 0.25) is 5.76 Å². The molecule has 6 heteroatoms. The van der Waals surface area contributed by atoms with Gasteiger partial charge in [-0.25, -0.2) is 0 Å². The number of amides is 1. The summed E-state index contributed by atoms with van der Waals surface area (Å²) in [6, 6.07) is 18.6. The van der Waals surface area contributed by atoms with Crippen LogP contribution in [0.4, 0.5) is 0 Å². The number of rotatable bonds is 6. The summed E-state index contributed by atoms with van der Waals surface area (Å²) in [4.78, 5) is 31.2. The van der Waals surface area contributed by atoms with Gasteiger partial charge in [0.15, 0.2) is 5.43 Å². The molecule has 34 heavy (non-hydrogen) atoms. The Hall–Kier alpha value is -3.64. The maximum absolute atomic E-state index is 13.8. The third kappa shape index (κ3) is 3.74. The molecule has 1 aliphatic heterocycles. The van der Waals surface area contributed by atoms with Gasteiger partial charge < -0.3 is 19.0 Å². The van der Waals surface area contributed by atoms with Crippen LogP contribution in [-0.4, -0.2) is 49.0 Å². The average molecular weight is 457 g/mol. The van der Waals surface area contributed by atoms with Crippen molar-refractivity contribution in [1.29, 1.82) is 0 Å². The van der Waals surface area contributed by atoms with E-state index in [1.807, 2.05) is 87.4 Å². The van der Waals surface area contributed by atoms with E-state index in [1.54, 1.807) is 11.0 Å². The van der Waals surface area contributed by atoms with Gasteiger partial charge >= 0.3 is 0 Å². The van der Waals surface area contributed by atoms with Crippen LogP contribution in [0.2, 0.25) is 0 Å². The highest BCUT2D eigenvalue weighted by Crippen LogP contribution is 2.39. The summed E-state index contributed by atoms with van der Waals surface area (Å²) in [6.07, 6.45) is 0.0597. The van der Waals surface area contributed by atoms with Crippen molar-refractivity contribution in [2.75, 3.05) is 27.2 Å². The van der Waals surface area contributed by atoms with Crippen LogP contribution in [0.5, 0.6) is 5.75 Å². The summed E-state index contributed by atoms with van der Waals surface area (Å²) >= 11 is 0. The largest absolute Gasteiger partial charge is 0.491 e. The molecule has 1 aliphatic rings. The summed E-state index contributed by atoms with van der Waals surface area (Å²) in [6.45, 7) is 5.09. The monoisotopic (exact) mass is 456 g/mol. The third-order valence-electron chi connectivity index (χ3n) is 6.21. The zero-order valence-corrected chi connectivity index (χ0v) is 19.9. The summed E-state index contributed by atoms with van der Waals surface area (Å²) in [5.74, 6) is 0.636. The number of carbonyl (C=O) groups is 1. The van der Waals surface area contributed by atoms with Crippen LogP contribution >= 0.6 is 0 Å². The molecule has 6 nitrogen and oxygen atoms in total. The third-order valence-corrected chi connectivity index (χ3v) is 6.21. The highest BCUT2D eigenvalue weighted by atomic mass is 16.5. The van der Waals surface area contributed by atoms with Gasteiger partial charge in [-0.15, -0.1) is 0 Å². The number of fused-ring (bicyclic) bond motifs is 4. The van der Waals surface area contributed by atoms with E-state index < -0.39 is 6.04 Å². The van der Waals surface area contributed by atoms with Gasteiger partial charge in [-0.05, 0) is 57.1 Å². The van der Waals surface area contributed by atoms with Crippen LogP contribution < -0.4 is 10.2 Å². The van der Waals surface area contributed by atoms with Crippen molar-refractivity contribution in [3.8, 4) is 5.75 Å². The quantitative estimate of drug-likeness (QED) is 0.389. The second kappa shape index (κ2) is 8.61. The van der Waals surface area contributed by atoms with Gasteiger partial charge in [0.1, 0.15) is 11.3 Å². The number of ether oxygens (including phenoxy) is 1. The Bertz CT molecular complexity index is 1440. The second-order valence-electron chi connectivity index (χ2n) is 9.28. The molecule has 0 saturated heterocycles. The first-order valence-corrected chi connectivity index (χ1v) is 11.6. The molecule has 0 spiro atoms. The normalized spacial score (nSPS) is 15.6. The van der Waals surface area contributed by atoms with Gasteiger partial charge in [0, 0.05) is 18.5 Å². The maximum Gasteiger partial charge on any atom is 0.290 e. The van der Waals surface area contributed by atoms with Crippen LogP contribution in [0.25, 0.3) is 21.7 Å². The van der Waals surface area contributed by atoms with Crippen molar-refractivity contribution in [2.24, 2.45) is 0 Å². The van der Waals surface area contributed by atoms with E-state index in [2.05, 4.69) is 0 Å². The van der Waals surface area contributed by atoms with Crippen molar-refractivity contribution in [1.82, 2.24) is 9.80 Å². The molecule has 0 bridgehead atoms. The topological polar surface area (TPSA) is 63.0 Å². The predicted octanol–water partition coefficient (Wildman–Crippen LogP) is 4.84. The van der Waals surface area contributed by atoms with Gasteiger partial charge in [0.25, 0.3) is 5.91 Å². The molecule has 1 unspecified atom stereocenters. The van der Waals surface area contributed by atoms with E-state index in [9.17, 15) is 9.59 Å². The number of likely N-dealkylation sites (N-methyl/N-ethyl adjacent to an activating group) is 1. The summed E-state index contributed by atoms with van der Waals surface area (Å²) < 4.78 is 12.0. The van der Waals surface area contributed by atoms with Crippen LogP contribution in [0.15, 0.2) is 69.9 Å². The summed E-state index contributed by atoms with van der Waals surface area (Å²) in [5.41, 5.74) is 1.57. The Labute approximate surface area is 198 Å². The molecule has 0 fully saturated rings. The Morgan fingerprint density at radius 3 is 2.41 bits per heavy atom. The van der Waals surface area contributed by atoms with Crippen molar-refractivity contribution in [2.45, 2.75) is 26.0 Å². The number of hydrogen-bond acceptors (Lipinski definition) is 5. The van der Waals surface area contributed by atoms with E-state index in [-0.39, 0.29) is 23.2 Å². The van der Waals surface area contributed by atoms with E-state index in [4.69, 9.17) is 9.15 Å². The minimum atomic E-state index is -0.511. The van der Waals surface area contributed by atoms with Gasteiger partial charge in [-0.3, -0.25) is 9.59 Å². The molecular formula is C28H28N2O4. The fraction of sp³-hybridized carbons (Fsp3) is 0.286. The molecule has 2 heterocycles.